The molecule has 1 aliphatic carbocycles. The van der Waals surface area contributed by atoms with Gasteiger partial charge in [0.05, 0.1) is 0 Å². The monoisotopic (exact) mass is 328 g/mol. The summed E-state index contributed by atoms with van der Waals surface area (Å²) in [6.45, 7) is 3.47. The smallest absolute Gasteiger partial charge is 0.227 e. The van der Waals surface area contributed by atoms with Gasteiger partial charge >= 0.3 is 0 Å². The van der Waals surface area contributed by atoms with E-state index >= 15 is 0 Å². The highest BCUT2D eigenvalue weighted by Crippen LogP contribution is 2.28. The predicted octanol–water partition coefficient (Wildman–Crippen LogP) is 3.75. The number of benzene rings is 1. The van der Waals surface area contributed by atoms with Crippen LogP contribution in [0.3, 0.4) is 0 Å². The van der Waals surface area contributed by atoms with Crippen LogP contribution >= 0.6 is 0 Å². The summed E-state index contributed by atoms with van der Waals surface area (Å²) < 4.78 is 0. The largest absolute Gasteiger partial charge is 0.342 e. The third-order valence-corrected chi connectivity index (χ3v) is 5.42. The Morgan fingerprint density at radius 1 is 1.00 bits per heavy atom. The van der Waals surface area contributed by atoms with E-state index in [2.05, 4.69) is 5.32 Å². The highest BCUT2D eigenvalue weighted by Gasteiger charge is 2.31. The third-order valence-electron chi connectivity index (χ3n) is 5.42. The fourth-order valence-electron chi connectivity index (χ4n) is 3.94. The number of nitrogens with zero attached hydrogens (tertiary/aromatic N) is 1. The molecule has 4 heteroatoms. The van der Waals surface area contributed by atoms with Crippen molar-refractivity contribution >= 4 is 17.5 Å². The highest BCUT2D eigenvalue weighted by atomic mass is 16.2. The number of carbonyl (C=O) groups is 2. The first-order valence-corrected chi connectivity index (χ1v) is 9.30. The molecule has 1 heterocycles. The zero-order valence-corrected chi connectivity index (χ0v) is 14.6. The van der Waals surface area contributed by atoms with E-state index in [1.165, 1.54) is 19.3 Å². The van der Waals surface area contributed by atoms with Crippen molar-refractivity contribution in [3.05, 3.63) is 29.8 Å². The Balaban J connectivity index is 1.49. The molecule has 2 fully saturated rings. The number of amides is 2. The first-order valence-electron chi connectivity index (χ1n) is 9.30. The fourth-order valence-corrected chi connectivity index (χ4v) is 3.94. The van der Waals surface area contributed by atoms with Crippen LogP contribution in [0.2, 0.25) is 0 Å². The van der Waals surface area contributed by atoms with Gasteiger partial charge in [0.2, 0.25) is 11.8 Å². The lowest BCUT2D eigenvalue weighted by atomic mass is 9.87. The van der Waals surface area contributed by atoms with E-state index in [1.807, 2.05) is 36.1 Å². The molecule has 0 bridgehead atoms. The first-order chi connectivity index (χ1) is 11.6. The molecular formula is C20H28N2O2. The number of hydrogen-bond donors (Lipinski definition) is 1. The van der Waals surface area contributed by atoms with Crippen LogP contribution < -0.4 is 5.32 Å². The molecule has 1 aliphatic heterocycles. The van der Waals surface area contributed by atoms with Crippen molar-refractivity contribution in [2.45, 2.75) is 51.9 Å². The molecule has 1 aromatic carbocycles. The van der Waals surface area contributed by atoms with Gasteiger partial charge < -0.3 is 10.2 Å². The van der Waals surface area contributed by atoms with Crippen LogP contribution in [0.25, 0.3) is 0 Å². The topological polar surface area (TPSA) is 49.4 Å². The maximum Gasteiger partial charge on any atom is 0.227 e. The van der Waals surface area contributed by atoms with Gasteiger partial charge in [-0.05, 0) is 50.3 Å². The number of piperidine rings is 1. The minimum atomic E-state index is 0.0147. The standard InChI is InChI=1S/C20H28N2O2/c1-15-6-5-9-18(14-15)21-19(23)16-10-12-22(13-11-16)20(24)17-7-3-2-4-8-17/h5-6,9,14,16-17H,2-4,7-8,10-13H2,1H3,(H,21,23). The summed E-state index contributed by atoms with van der Waals surface area (Å²) >= 11 is 0. The summed E-state index contributed by atoms with van der Waals surface area (Å²) in [5.41, 5.74) is 2.00. The van der Waals surface area contributed by atoms with Crippen LogP contribution in [0.1, 0.15) is 50.5 Å². The zero-order chi connectivity index (χ0) is 16.9. The minimum absolute atomic E-state index is 0.0147. The molecule has 2 amide bonds. The molecular weight excluding hydrogens is 300 g/mol. The number of likely N-dealkylation sites (tertiary alicyclic amines) is 1. The zero-order valence-electron chi connectivity index (χ0n) is 14.6. The molecule has 1 N–H and O–H groups in total. The quantitative estimate of drug-likeness (QED) is 0.918. The number of rotatable bonds is 3. The molecule has 24 heavy (non-hydrogen) atoms. The summed E-state index contributed by atoms with van der Waals surface area (Å²) in [6.07, 6.45) is 7.29. The van der Waals surface area contributed by atoms with Crippen LogP contribution in [0.4, 0.5) is 5.69 Å². The van der Waals surface area contributed by atoms with E-state index in [9.17, 15) is 9.59 Å². The van der Waals surface area contributed by atoms with Gasteiger partial charge in [-0.1, -0.05) is 31.4 Å². The molecule has 0 spiro atoms. The predicted molar refractivity (Wildman–Crippen MR) is 95.7 cm³/mol. The van der Waals surface area contributed by atoms with Crippen LogP contribution in [-0.2, 0) is 9.59 Å². The number of hydrogen-bond acceptors (Lipinski definition) is 2. The van der Waals surface area contributed by atoms with Gasteiger partial charge in [-0.2, -0.15) is 0 Å². The van der Waals surface area contributed by atoms with Crippen molar-refractivity contribution in [3.63, 3.8) is 0 Å². The molecule has 1 saturated heterocycles. The normalized spacial score (nSPS) is 20.0. The lowest BCUT2D eigenvalue weighted by Crippen LogP contribution is -2.44. The van der Waals surface area contributed by atoms with Gasteiger partial charge in [0, 0.05) is 30.6 Å². The minimum Gasteiger partial charge on any atom is -0.342 e. The van der Waals surface area contributed by atoms with Crippen molar-refractivity contribution in [3.8, 4) is 0 Å². The number of anilines is 1. The fraction of sp³-hybridized carbons (Fsp3) is 0.600. The van der Waals surface area contributed by atoms with Crippen molar-refractivity contribution in [1.29, 1.82) is 0 Å². The molecule has 1 aromatic rings. The Labute approximate surface area is 144 Å². The molecule has 130 valence electrons. The van der Waals surface area contributed by atoms with E-state index in [1.54, 1.807) is 0 Å². The summed E-state index contributed by atoms with van der Waals surface area (Å²) in [5.74, 6) is 0.662. The Kier molecular flexibility index (Phi) is 5.54. The maximum atomic E-state index is 12.6. The summed E-state index contributed by atoms with van der Waals surface area (Å²) in [4.78, 5) is 27.0. The lowest BCUT2D eigenvalue weighted by Gasteiger charge is -2.34. The highest BCUT2D eigenvalue weighted by molar-refractivity contribution is 5.92. The number of aryl methyl sites for hydroxylation is 1. The number of nitrogens with one attached hydrogen (secondary N) is 1. The maximum absolute atomic E-state index is 12.6. The second-order valence-corrected chi connectivity index (χ2v) is 7.29. The van der Waals surface area contributed by atoms with Gasteiger partial charge in [0.15, 0.2) is 0 Å². The molecule has 0 unspecified atom stereocenters. The SMILES string of the molecule is Cc1cccc(NC(=O)C2CCN(C(=O)C3CCCCC3)CC2)c1. The van der Waals surface area contributed by atoms with Crippen LogP contribution in [-0.4, -0.2) is 29.8 Å². The van der Waals surface area contributed by atoms with E-state index in [-0.39, 0.29) is 17.7 Å². The molecule has 4 nitrogen and oxygen atoms in total. The summed E-state index contributed by atoms with van der Waals surface area (Å²) in [5, 5.41) is 3.02. The average molecular weight is 328 g/mol. The molecule has 3 rings (SSSR count). The van der Waals surface area contributed by atoms with Gasteiger partial charge in [0.1, 0.15) is 0 Å². The summed E-state index contributed by atoms with van der Waals surface area (Å²) in [6, 6.07) is 7.88. The van der Waals surface area contributed by atoms with Crippen molar-refractivity contribution < 1.29 is 9.59 Å². The van der Waals surface area contributed by atoms with Crippen LogP contribution in [0, 0.1) is 18.8 Å². The second kappa shape index (κ2) is 7.82. The van der Waals surface area contributed by atoms with Gasteiger partial charge in [0.25, 0.3) is 0 Å². The number of carbonyl (C=O) groups excluding carboxylic acids is 2. The van der Waals surface area contributed by atoms with Crippen LogP contribution in [0.5, 0.6) is 0 Å². The van der Waals surface area contributed by atoms with E-state index in [0.29, 0.717) is 5.91 Å². The third kappa shape index (κ3) is 4.16. The molecule has 0 aromatic heterocycles. The Morgan fingerprint density at radius 3 is 2.38 bits per heavy atom. The Hall–Kier alpha value is -1.84. The second-order valence-electron chi connectivity index (χ2n) is 7.29. The van der Waals surface area contributed by atoms with Gasteiger partial charge in [-0.15, -0.1) is 0 Å². The Bertz CT molecular complexity index is 585. The molecule has 0 radical (unpaired) electrons. The van der Waals surface area contributed by atoms with Gasteiger partial charge in [-0.3, -0.25) is 9.59 Å². The summed E-state index contributed by atoms with van der Waals surface area (Å²) in [7, 11) is 0. The average Bonchev–Trinajstić information content (AvgIpc) is 2.62. The molecule has 1 saturated carbocycles. The Morgan fingerprint density at radius 2 is 1.71 bits per heavy atom. The molecule has 2 aliphatic rings. The molecule has 0 atom stereocenters. The van der Waals surface area contributed by atoms with Gasteiger partial charge in [-0.25, -0.2) is 0 Å². The van der Waals surface area contributed by atoms with Crippen molar-refractivity contribution in [1.82, 2.24) is 4.90 Å². The first kappa shape index (κ1) is 17.0. The van der Waals surface area contributed by atoms with Crippen LogP contribution in [0.15, 0.2) is 24.3 Å². The van der Waals surface area contributed by atoms with E-state index < -0.39 is 0 Å². The van der Waals surface area contributed by atoms with E-state index in [4.69, 9.17) is 0 Å². The van der Waals surface area contributed by atoms with Crippen molar-refractivity contribution in [2.75, 3.05) is 18.4 Å². The van der Waals surface area contributed by atoms with E-state index in [0.717, 1.165) is 50.0 Å². The van der Waals surface area contributed by atoms with Crippen molar-refractivity contribution in [2.24, 2.45) is 11.8 Å². The lowest BCUT2D eigenvalue weighted by molar-refractivity contribution is -0.139.